The molecule has 0 spiro atoms. The Morgan fingerprint density at radius 2 is 1.00 bits per heavy atom. The number of alkyl halides is 5. The summed E-state index contributed by atoms with van der Waals surface area (Å²) in [7, 11) is 0. The second kappa shape index (κ2) is 6.02. The average molecular weight is 244 g/mol. The molecule has 0 amide bonds. The lowest BCUT2D eigenvalue weighted by Crippen LogP contribution is -2.07. The summed E-state index contributed by atoms with van der Waals surface area (Å²) in [4.78, 5) is -0.871. The molecule has 0 fully saturated rings. The van der Waals surface area contributed by atoms with Gasteiger partial charge >= 0.3 is 0 Å². The topological polar surface area (TPSA) is 0 Å². The highest BCUT2D eigenvalue weighted by molar-refractivity contribution is 6.45. The normalized spacial score (nSPS) is 12.0. The maximum absolute atomic E-state index is 5.73. The lowest BCUT2D eigenvalue weighted by atomic mass is 10.3. The maximum atomic E-state index is 5.73. The van der Waals surface area contributed by atoms with Crippen LogP contribution in [0.2, 0.25) is 0 Å². The van der Waals surface area contributed by atoms with Gasteiger partial charge in [-0.25, -0.2) is 0 Å². The molecule has 0 N–H and O–H groups in total. The Labute approximate surface area is 85.7 Å². The van der Waals surface area contributed by atoms with E-state index in [2.05, 4.69) is 0 Å². The van der Waals surface area contributed by atoms with Crippen molar-refractivity contribution in [2.45, 2.75) is 27.9 Å². The molecule has 0 radical (unpaired) electrons. The SMILES string of the molecule is ClC(Cl)CC(Cl)CC(Cl)Cl. The molecule has 10 heavy (non-hydrogen) atoms. The number of hydrogen-bond donors (Lipinski definition) is 0. The van der Waals surface area contributed by atoms with E-state index in [9.17, 15) is 0 Å². The largest absolute Gasteiger partial charge is 0.123 e. The second-order valence-corrected chi connectivity index (χ2v) is 5.02. The first-order valence-corrected chi connectivity index (χ1v) is 4.91. The molecule has 0 rings (SSSR count). The minimum absolute atomic E-state index is 0.139. The highest BCUT2D eigenvalue weighted by Gasteiger charge is 2.12. The quantitative estimate of drug-likeness (QED) is 0.656. The maximum Gasteiger partial charge on any atom is 0.109 e. The Balaban J connectivity index is 3.34. The van der Waals surface area contributed by atoms with Crippen LogP contribution in [-0.4, -0.2) is 15.0 Å². The number of hydrogen-bond acceptors (Lipinski definition) is 0. The molecule has 0 nitrogen and oxygen atoms in total. The van der Waals surface area contributed by atoms with Crippen LogP contribution in [0.1, 0.15) is 12.8 Å². The summed E-state index contributed by atoms with van der Waals surface area (Å²) in [6.07, 6.45) is 1.03. The summed E-state index contributed by atoms with van der Waals surface area (Å²) in [5.74, 6) is 0. The van der Waals surface area contributed by atoms with Crippen molar-refractivity contribution in [1.29, 1.82) is 0 Å². The van der Waals surface area contributed by atoms with Gasteiger partial charge in [-0.2, -0.15) is 0 Å². The van der Waals surface area contributed by atoms with Crippen molar-refractivity contribution in [2.75, 3.05) is 0 Å². The van der Waals surface area contributed by atoms with Crippen molar-refractivity contribution in [2.24, 2.45) is 0 Å². The Bertz CT molecular complexity index is 72.1. The lowest BCUT2D eigenvalue weighted by Gasteiger charge is -2.09. The van der Waals surface area contributed by atoms with Crippen LogP contribution in [0.15, 0.2) is 0 Å². The molecule has 0 saturated heterocycles. The standard InChI is InChI=1S/C5H7Cl5/c6-3(1-4(7)8)2-5(9)10/h3-5H,1-2H2. The molecule has 5 heteroatoms. The van der Waals surface area contributed by atoms with E-state index in [1.807, 2.05) is 0 Å². The molecule has 0 aromatic heterocycles. The minimum atomic E-state index is -0.436. The molecule has 0 unspecified atom stereocenters. The minimum Gasteiger partial charge on any atom is -0.123 e. The van der Waals surface area contributed by atoms with Gasteiger partial charge in [0.25, 0.3) is 0 Å². The fourth-order valence-corrected chi connectivity index (χ4v) is 2.06. The van der Waals surface area contributed by atoms with Crippen molar-refractivity contribution >= 4 is 58.0 Å². The zero-order valence-corrected chi connectivity index (χ0v) is 8.82. The van der Waals surface area contributed by atoms with E-state index in [0.717, 1.165) is 0 Å². The fraction of sp³-hybridized carbons (Fsp3) is 1.00. The van der Waals surface area contributed by atoms with E-state index in [0.29, 0.717) is 12.8 Å². The van der Waals surface area contributed by atoms with Gasteiger partial charge in [0.1, 0.15) is 9.67 Å². The van der Waals surface area contributed by atoms with Crippen LogP contribution in [0.5, 0.6) is 0 Å². The fourth-order valence-electron chi connectivity index (χ4n) is 0.483. The van der Waals surface area contributed by atoms with Crippen LogP contribution in [0.4, 0.5) is 0 Å². The number of rotatable bonds is 4. The Kier molecular flexibility index (Phi) is 6.89. The van der Waals surface area contributed by atoms with E-state index in [1.54, 1.807) is 0 Å². The van der Waals surface area contributed by atoms with Gasteiger partial charge in [-0.15, -0.1) is 58.0 Å². The van der Waals surface area contributed by atoms with Gasteiger partial charge in [0.05, 0.1) is 0 Å². The Morgan fingerprint density at radius 1 is 0.700 bits per heavy atom. The van der Waals surface area contributed by atoms with E-state index < -0.39 is 9.67 Å². The highest BCUT2D eigenvalue weighted by Crippen LogP contribution is 2.21. The summed E-state index contributed by atoms with van der Waals surface area (Å²) >= 11 is 27.5. The summed E-state index contributed by atoms with van der Waals surface area (Å²) in [5.41, 5.74) is 0. The van der Waals surface area contributed by atoms with E-state index in [1.165, 1.54) is 0 Å². The van der Waals surface area contributed by atoms with Crippen LogP contribution in [-0.2, 0) is 0 Å². The van der Waals surface area contributed by atoms with Crippen molar-refractivity contribution < 1.29 is 0 Å². The molecule has 0 heterocycles. The van der Waals surface area contributed by atoms with Crippen molar-refractivity contribution in [3.63, 3.8) is 0 Å². The van der Waals surface area contributed by atoms with Crippen LogP contribution < -0.4 is 0 Å². The van der Waals surface area contributed by atoms with Gasteiger partial charge in [-0.1, -0.05) is 0 Å². The van der Waals surface area contributed by atoms with E-state index in [-0.39, 0.29) is 5.38 Å². The predicted octanol–water partition coefficient (Wildman–Crippen LogP) is 3.98. The summed E-state index contributed by atoms with van der Waals surface area (Å²) in [5, 5.41) is -0.139. The first-order valence-electron chi connectivity index (χ1n) is 2.72. The third-order valence-electron chi connectivity index (χ3n) is 0.868. The Hall–Kier alpha value is 1.45. The van der Waals surface area contributed by atoms with Gasteiger partial charge in [-0.05, 0) is 12.8 Å². The summed E-state index contributed by atoms with van der Waals surface area (Å²) < 4.78 is 0. The molecule has 0 aliphatic rings. The molecule has 0 aromatic rings. The molecule has 0 aliphatic carbocycles. The van der Waals surface area contributed by atoms with Gasteiger partial charge in [0.15, 0.2) is 0 Å². The molecule has 0 bridgehead atoms. The first-order chi connectivity index (χ1) is 4.52. The van der Waals surface area contributed by atoms with Crippen molar-refractivity contribution in [3.8, 4) is 0 Å². The lowest BCUT2D eigenvalue weighted by molar-refractivity contribution is 0.753. The molecule has 0 atom stereocenters. The van der Waals surface area contributed by atoms with Crippen molar-refractivity contribution in [3.05, 3.63) is 0 Å². The van der Waals surface area contributed by atoms with Gasteiger partial charge in [0.2, 0.25) is 0 Å². The Morgan fingerprint density at radius 3 is 1.20 bits per heavy atom. The van der Waals surface area contributed by atoms with E-state index >= 15 is 0 Å². The van der Waals surface area contributed by atoms with Crippen LogP contribution >= 0.6 is 58.0 Å². The smallest absolute Gasteiger partial charge is 0.109 e. The first kappa shape index (κ1) is 11.4. The zero-order chi connectivity index (χ0) is 8.15. The molecule has 0 aromatic carbocycles. The van der Waals surface area contributed by atoms with Gasteiger partial charge in [0, 0.05) is 5.38 Å². The van der Waals surface area contributed by atoms with Gasteiger partial charge in [-0.3, -0.25) is 0 Å². The average Bonchev–Trinajstić information content (AvgIpc) is 1.58. The third kappa shape index (κ3) is 7.56. The van der Waals surface area contributed by atoms with Crippen LogP contribution in [0.25, 0.3) is 0 Å². The van der Waals surface area contributed by atoms with E-state index in [4.69, 9.17) is 58.0 Å². The molecular formula is C5H7Cl5. The summed E-state index contributed by atoms with van der Waals surface area (Å²) in [6.45, 7) is 0. The predicted molar refractivity (Wildman–Crippen MR) is 49.9 cm³/mol. The zero-order valence-electron chi connectivity index (χ0n) is 5.04. The van der Waals surface area contributed by atoms with Crippen molar-refractivity contribution in [1.82, 2.24) is 0 Å². The van der Waals surface area contributed by atoms with Crippen LogP contribution in [0.3, 0.4) is 0 Å². The van der Waals surface area contributed by atoms with Gasteiger partial charge < -0.3 is 0 Å². The van der Waals surface area contributed by atoms with Crippen LogP contribution in [0, 0.1) is 0 Å². The molecule has 0 aliphatic heterocycles. The number of halogens is 5. The molecular weight excluding hydrogens is 237 g/mol. The second-order valence-electron chi connectivity index (χ2n) is 1.85. The molecule has 62 valence electrons. The summed E-state index contributed by atoms with van der Waals surface area (Å²) in [6, 6.07) is 0. The monoisotopic (exact) mass is 242 g/mol. The molecule has 0 saturated carbocycles. The highest BCUT2D eigenvalue weighted by atomic mass is 35.5. The third-order valence-corrected chi connectivity index (χ3v) is 1.94.